The molecule has 1 atom stereocenters. The van der Waals surface area contributed by atoms with Crippen LogP contribution in [0.2, 0.25) is 0 Å². The van der Waals surface area contributed by atoms with Crippen LogP contribution in [0.1, 0.15) is 39.9 Å². The average molecular weight is 332 g/mol. The predicted molar refractivity (Wildman–Crippen MR) is 84.5 cm³/mol. The SMILES string of the molecule is CSC(C)CCNc1cc(Br)nc(C(C)(C)C)n1. The maximum atomic E-state index is 4.57. The zero-order valence-corrected chi connectivity index (χ0v) is 14.2. The Labute approximate surface area is 123 Å². The minimum Gasteiger partial charge on any atom is -0.370 e. The van der Waals surface area contributed by atoms with Crippen LogP contribution >= 0.6 is 27.7 Å². The van der Waals surface area contributed by atoms with Gasteiger partial charge < -0.3 is 5.32 Å². The summed E-state index contributed by atoms with van der Waals surface area (Å²) in [5.74, 6) is 1.76. The molecule has 0 aromatic carbocycles. The van der Waals surface area contributed by atoms with Gasteiger partial charge in [-0.25, -0.2) is 9.97 Å². The Bertz CT molecular complexity index is 390. The molecule has 0 radical (unpaired) electrons. The summed E-state index contributed by atoms with van der Waals surface area (Å²) < 4.78 is 0.836. The Kier molecular flexibility index (Phi) is 5.92. The van der Waals surface area contributed by atoms with E-state index in [0.29, 0.717) is 5.25 Å². The Morgan fingerprint density at radius 3 is 2.61 bits per heavy atom. The van der Waals surface area contributed by atoms with Gasteiger partial charge in [0.05, 0.1) is 0 Å². The third kappa shape index (κ3) is 5.14. The van der Waals surface area contributed by atoms with E-state index in [-0.39, 0.29) is 5.41 Å². The number of nitrogens with one attached hydrogen (secondary N) is 1. The van der Waals surface area contributed by atoms with Gasteiger partial charge in [-0.3, -0.25) is 0 Å². The van der Waals surface area contributed by atoms with Crippen molar-refractivity contribution in [3.8, 4) is 0 Å². The van der Waals surface area contributed by atoms with Gasteiger partial charge in [-0.2, -0.15) is 11.8 Å². The van der Waals surface area contributed by atoms with Crippen LogP contribution in [-0.4, -0.2) is 28.0 Å². The normalized spacial score (nSPS) is 13.4. The lowest BCUT2D eigenvalue weighted by molar-refractivity contribution is 0.544. The zero-order valence-electron chi connectivity index (χ0n) is 11.7. The summed E-state index contributed by atoms with van der Waals surface area (Å²) in [5.41, 5.74) is -0.0349. The molecular formula is C13H22BrN3S. The fraction of sp³-hybridized carbons (Fsp3) is 0.692. The summed E-state index contributed by atoms with van der Waals surface area (Å²) in [6, 6.07) is 1.93. The lowest BCUT2D eigenvalue weighted by atomic mass is 9.96. The van der Waals surface area contributed by atoms with E-state index in [4.69, 9.17) is 0 Å². The number of aromatic nitrogens is 2. The molecule has 0 fully saturated rings. The Balaban J connectivity index is 2.69. The van der Waals surface area contributed by atoms with Gasteiger partial charge in [0.15, 0.2) is 0 Å². The van der Waals surface area contributed by atoms with E-state index in [0.717, 1.165) is 29.2 Å². The average Bonchev–Trinajstić information content (AvgIpc) is 2.27. The first-order valence-corrected chi connectivity index (χ1v) is 8.22. The summed E-state index contributed by atoms with van der Waals surface area (Å²) in [4.78, 5) is 8.99. The highest BCUT2D eigenvalue weighted by atomic mass is 79.9. The molecule has 3 nitrogen and oxygen atoms in total. The third-order valence-corrected chi connectivity index (χ3v) is 4.07. The van der Waals surface area contributed by atoms with Gasteiger partial charge in [0.25, 0.3) is 0 Å². The van der Waals surface area contributed by atoms with Crippen molar-refractivity contribution in [1.82, 2.24) is 9.97 Å². The minimum atomic E-state index is -0.0349. The number of hydrogen-bond acceptors (Lipinski definition) is 4. The summed E-state index contributed by atoms with van der Waals surface area (Å²) >= 11 is 5.33. The monoisotopic (exact) mass is 331 g/mol. The van der Waals surface area contributed by atoms with E-state index in [1.807, 2.05) is 17.8 Å². The number of hydrogen-bond donors (Lipinski definition) is 1. The van der Waals surface area contributed by atoms with Gasteiger partial charge in [0, 0.05) is 23.3 Å². The standard InChI is InChI=1S/C13H22BrN3S/c1-9(18-5)6-7-15-11-8-10(14)16-12(17-11)13(2,3)4/h8-9H,6-7H2,1-5H3,(H,15,16,17). The summed E-state index contributed by atoms with van der Waals surface area (Å²) in [6.07, 6.45) is 3.28. The lowest BCUT2D eigenvalue weighted by Crippen LogP contribution is -2.18. The minimum absolute atomic E-state index is 0.0349. The Morgan fingerprint density at radius 2 is 2.06 bits per heavy atom. The number of halogens is 1. The Morgan fingerprint density at radius 1 is 1.39 bits per heavy atom. The maximum Gasteiger partial charge on any atom is 0.137 e. The van der Waals surface area contributed by atoms with Gasteiger partial charge in [0.1, 0.15) is 16.2 Å². The van der Waals surface area contributed by atoms with Crippen LogP contribution in [-0.2, 0) is 5.41 Å². The number of rotatable bonds is 5. The molecule has 1 aromatic rings. The quantitative estimate of drug-likeness (QED) is 0.824. The van der Waals surface area contributed by atoms with Crippen LogP contribution in [0.5, 0.6) is 0 Å². The highest BCUT2D eigenvalue weighted by Crippen LogP contribution is 2.22. The molecule has 0 aliphatic carbocycles. The third-order valence-electron chi connectivity index (χ3n) is 2.63. The van der Waals surface area contributed by atoms with E-state index < -0.39 is 0 Å². The first-order chi connectivity index (χ1) is 8.32. The fourth-order valence-electron chi connectivity index (χ4n) is 1.36. The molecule has 0 amide bonds. The molecule has 1 heterocycles. The number of anilines is 1. The van der Waals surface area contributed by atoms with Crippen LogP contribution < -0.4 is 5.32 Å². The maximum absolute atomic E-state index is 4.57. The van der Waals surface area contributed by atoms with Crippen LogP contribution in [0.15, 0.2) is 10.7 Å². The van der Waals surface area contributed by atoms with Crippen molar-refractivity contribution in [1.29, 1.82) is 0 Å². The first kappa shape index (κ1) is 15.8. The summed E-state index contributed by atoms with van der Waals surface area (Å²) in [5, 5.41) is 4.04. The molecule has 0 aliphatic heterocycles. The molecule has 0 aliphatic rings. The van der Waals surface area contributed by atoms with Gasteiger partial charge in [0.2, 0.25) is 0 Å². The molecule has 1 rings (SSSR count). The van der Waals surface area contributed by atoms with Crippen molar-refractivity contribution in [2.75, 3.05) is 18.1 Å². The Hall–Kier alpha value is -0.290. The molecule has 18 heavy (non-hydrogen) atoms. The number of thioether (sulfide) groups is 1. The smallest absolute Gasteiger partial charge is 0.137 e. The summed E-state index contributed by atoms with van der Waals surface area (Å²) in [7, 11) is 0. The molecule has 0 saturated heterocycles. The van der Waals surface area contributed by atoms with Gasteiger partial charge >= 0.3 is 0 Å². The van der Waals surface area contributed by atoms with Gasteiger partial charge in [-0.15, -0.1) is 0 Å². The van der Waals surface area contributed by atoms with Crippen molar-refractivity contribution in [3.63, 3.8) is 0 Å². The molecule has 0 bridgehead atoms. The zero-order chi connectivity index (χ0) is 13.8. The van der Waals surface area contributed by atoms with Crippen molar-refractivity contribution in [2.24, 2.45) is 0 Å². The summed E-state index contributed by atoms with van der Waals surface area (Å²) in [6.45, 7) is 9.54. The van der Waals surface area contributed by atoms with Gasteiger partial charge in [-0.1, -0.05) is 27.7 Å². The topological polar surface area (TPSA) is 37.8 Å². The number of nitrogens with zero attached hydrogens (tertiary/aromatic N) is 2. The van der Waals surface area contributed by atoms with Crippen LogP contribution in [0.4, 0.5) is 5.82 Å². The second-order valence-electron chi connectivity index (χ2n) is 5.41. The van der Waals surface area contributed by atoms with E-state index in [1.54, 1.807) is 0 Å². The van der Waals surface area contributed by atoms with E-state index in [1.165, 1.54) is 0 Å². The molecule has 1 N–H and O–H groups in total. The first-order valence-electron chi connectivity index (χ1n) is 6.14. The predicted octanol–water partition coefficient (Wildman–Crippen LogP) is 4.09. The second-order valence-corrected chi connectivity index (χ2v) is 7.50. The van der Waals surface area contributed by atoms with E-state index in [9.17, 15) is 0 Å². The van der Waals surface area contributed by atoms with Crippen LogP contribution in [0.25, 0.3) is 0 Å². The molecule has 102 valence electrons. The van der Waals surface area contributed by atoms with Crippen LogP contribution in [0, 0.1) is 0 Å². The molecule has 5 heteroatoms. The van der Waals surface area contributed by atoms with Crippen molar-refractivity contribution in [2.45, 2.75) is 44.8 Å². The second kappa shape index (κ2) is 6.75. The van der Waals surface area contributed by atoms with Crippen molar-refractivity contribution >= 4 is 33.5 Å². The molecule has 0 saturated carbocycles. The molecule has 1 unspecified atom stereocenters. The fourth-order valence-corrected chi connectivity index (χ4v) is 2.10. The highest BCUT2D eigenvalue weighted by Gasteiger charge is 2.18. The van der Waals surface area contributed by atoms with Gasteiger partial charge in [-0.05, 0) is 28.6 Å². The van der Waals surface area contributed by atoms with E-state index in [2.05, 4.69) is 65.2 Å². The van der Waals surface area contributed by atoms with Crippen molar-refractivity contribution < 1.29 is 0 Å². The molecule has 0 spiro atoms. The van der Waals surface area contributed by atoms with E-state index >= 15 is 0 Å². The molecular weight excluding hydrogens is 310 g/mol. The van der Waals surface area contributed by atoms with Crippen LogP contribution in [0.3, 0.4) is 0 Å². The molecule has 1 aromatic heterocycles. The lowest BCUT2D eigenvalue weighted by Gasteiger charge is -2.18. The highest BCUT2D eigenvalue weighted by molar-refractivity contribution is 9.10. The van der Waals surface area contributed by atoms with Crippen molar-refractivity contribution in [3.05, 3.63) is 16.5 Å². The largest absolute Gasteiger partial charge is 0.370 e.